The number of halogens is 1. The molecule has 0 aliphatic carbocycles. The van der Waals surface area contributed by atoms with Gasteiger partial charge in [-0.1, -0.05) is 0 Å². The lowest BCUT2D eigenvalue weighted by Crippen LogP contribution is -2.42. The molecule has 26 heavy (non-hydrogen) atoms. The molecule has 1 aromatic rings. The fraction of sp³-hybridized carbons (Fsp3) is 0.824. The number of hydrogen-bond donors (Lipinski definition) is 1. The van der Waals surface area contributed by atoms with Crippen molar-refractivity contribution in [1.82, 2.24) is 29.9 Å². The van der Waals surface area contributed by atoms with E-state index in [4.69, 9.17) is 9.73 Å². The number of aliphatic imine (C=N–C) groups is 1. The Hall–Kier alpha value is -0.940. The summed E-state index contributed by atoms with van der Waals surface area (Å²) < 4.78 is 7.40. The van der Waals surface area contributed by atoms with Crippen LogP contribution in [0.25, 0.3) is 0 Å². The Labute approximate surface area is 173 Å². The van der Waals surface area contributed by atoms with E-state index in [0.29, 0.717) is 6.54 Å². The minimum absolute atomic E-state index is 0. The lowest BCUT2D eigenvalue weighted by Gasteiger charge is -2.27. The van der Waals surface area contributed by atoms with Crippen LogP contribution in [0.3, 0.4) is 0 Å². The Bertz CT molecular complexity index is 565. The molecular formula is C17H32IN7O. The molecule has 1 aromatic heterocycles. The molecule has 148 valence electrons. The first-order valence-electron chi connectivity index (χ1n) is 9.42. The molecule has 8 nitrogen and oxygen atoms in total. The number of nitrogens with zero attached hydrogens (tertiary/aromatic N) is 6. The summed E-state index contributed by atoms with van der Waals surface area (Å²) in [6.07, 6.45) is 3.62. The molecule has 9 heteroatoms. The van der Waals surface area contributed by atoms with Gasteiger partial charge in [0.2, 0.25) is 0 Å². The fourth-order valence-corrected chi connectivity index (χ4v) is 3.26. The summed E-state index contributed by atoms with van der Waals surface area (Å²) in [4.78, 5) is 9.64. The van der Waals surface area contributed by atoms with Crippen molar-refractivity contribution in [3.8, 4) is 0 Å². The molecule has 0 aromatic carbocycles. The molecule has 2 fully saturated rings. The predicted octanol–water partition coefficient (Wildman–Crippen LogP) is 1.01. The number of nitrogens with one attached hydrogen (secondary N) is 1. The van der Waals surface area contributed by atoms with Gasteiger partial charge in [0.25, 0.3) is 0 Å². The van der Waals surface area contributed by atoms with Gasteiger partial charge in [0.1, 0.15) is 12.4 Å². The monoisotopic (exact) mass is 477 g/mol. The largest absolute Gasteiger partial charge is 0.379 e. The van der Waals surface area contributed by atoms with Crippen LogP contribution >= 0.6 is 24.0 Å². The van der Waals surface area contributed by atoms with E-state index >= 15 is 0 Å². The van der Waals surface area contributed by atoms with Crippen LogP contribution in [0.2, 0.25) is 0 Å². The van der Waals surface area contributed by atoms with Crippen molar-refractivity contribution in [3.63, 3.8) is 0 Å². The molecule has 0 atom stereocenters. The minimum Gasteiger partial charge on any atom is -0.379 e. The number of morpholine rings is 1. The van der Waals surface area contributed by atoms with Crippen molar-refractivity contribution in [2.24, 2.45) is 12.0 Å². The minimum atomic E-state index is 0. The van der Waals surface area contributed by atoms with Crippen LogP contribution in [0.1, 0.15) is 30.9 Å². The second-order valence-corrected chi connectivity index (χ2v) is 6.79. The quantitative estimate of drug-likeness (QED) is 0.286. The van der Waals surface area contributed by atoms with Gasteiger partial charge in [-0.05, 0) is 32.7 Å². The highest BCUT2D eigenvalue weighted by Crippen LogP contribution is 2.09. The Morgan fingerprint density at radius 2 is 1.88 bits per heavy atom. The van der Waals surface area contributed by atoms with Crippen LogP contribution in [0, 0.1) is 6.92 Å². The summed E-state index contributed by atoms with van der Waals surface area (Å²) in [6, 6.07) is 0. The number of ether oxygens (including phenoxy) is 1. The van der Waals surface area contributed by atoms with E-state index in [1.165, 1.54) is 12.8 Å². The Kier molecular flexibility index (Phi) is 9.06. The van der Waals surface area contributed by atoms with Gasteiger partial charge in [-0.25, -0.2) is 4.99 Å². The molecule has 0 amide bonds. The molecule has 1 N–H and O–H groups in total. The van der Waals surface area contributed by atoms with E-state index in [9.17, 15) is 0 Å². The third-order valence-electron chi connectivity index (χ3n) is 5.00. The molecule has 2 aliphatic heterocycles. The lowest BCUT2D eigenvalue weighted by molar-refractivity contribution is 0.0375. The van der Waals surface area contributed by atoms with Crippen LogP contribution in [-0.2, 0) is 18.3 Å². The van der Waals surface area contributed by atoms with Crippen molar-refractivity contribution >= 4 is 29.9 Å². The standard InChI is InChI=1S/C17H31N7O.HI/c1-15-20-21-16(22(15)2)14-19-17(24-8-3-4-9-24)18-6-5-7-23-10-12-25-13-11-23;/h3-14H2,1-2H3,(H,18,19);1H. The third kappa shape index (κ3) is 6.05. The van der Waals surface area contributed by atoms with Gasteiger partial charge < -0.3 is 19.5 Å². The Balaban J connectivity index is 0.00000243. The average Bonchev–Trinajstić information content (AvgIpc) is 3.27. The van der Waals surface area contributed by atoms with E-state index in [0.717, 1.165) is 76.5 Å². The van der Waals surface area contributed by atoms with Gasteiger partial charge in [-0.3, -0.25) is 4.90 Å². The first kappa shape index (κ1) is 21.4. The highest BCUT2D eigenvalue weighted by Gasteiger charge is 2.17. The summed E-state index contributed by atoms with van der Waals surface area (Å²) in [6.45, 7) is 10.6. The van der Waals surface area contributed by atoms with Crippen LogP contribution in [-0.4, -0.2) is 83.0 Å². The number of aryl methyl sites for hydroxylation is 1. The molecule has 0 spiro atoms. The zero-order chi connectivity index (χ0) is 17.5. The molecule has 3 rings (SSSR count). The van der Waals surface area contributed by atoms with E-state index < -0.39 is 0 Å². The van der Waals surface area contributed by atoms with Gasteiger partial charge in [-0.15, -0.1) is 34.2 Å². The van der Waals surface area contributed by atoms with E-state index in [-0.39, 0.29) is 24.0 Å². The highest BCUT2D eigenvalue weighted by atomic mass is 127. The zero-order valence-corrected chi connectivity index (χ0v) is 18.3. The topological polar surface area (TPSA) is 70.8 Å². The molecule has 0 bridgehead atoms. The molecular weight excluding hydrogens is 445 g/mol. The molecule has 0 unspecified atom stereocenters. The zero-order valence-electron chi connectivity index (χ0n) is 16.0. The van der Waals surface area contributed by atoms with Crippen molar-refractivity contribution in [2.45, 2.75) is 32.7 Å². The lowest BCUT2D eigenvalue weighted by atomic mass is 10.3. The summed E-state index contributed by atoms with van der Waals surface area (Å²) in [5.41, 5.74) is 0. The molecule has 0 radical (unpaired) electrons. The number of likely N-dealkylation sites (tertiary alicyclic amines) is 1. The number of hydrogen-bond acceptors (Lipinski definition) is 5. The van der Waals surface area contributed by atoms with Crippen LogP contribution in [0.4, 0.5) is 0 Å². The van der Waals surface area contributed by atoms with Gasteiger partial charge in [-0.2, -0.15) is 0 Å². The summed E-state index contributed by atoms with van der Waals surface area (Å²) >= 11 is 0. The second-order valence-electron chi connectivity index (χ2n) is 6.79. The van der Waals surface area contributed by atoms with Crippen molar-refractivity contribution < 1.29 is 4.74 Å². The molecule has 2 saturated heterocycles. The highest BCUT2D eigenvalue weighted by molar-refractivity contribution is 14.0. The van der Waals surface area contributed by atoms with Crippen LogP contribution < -0.4 is 5.32 Å². The third-order valence-corrected chi connectivity index (χ3v) is 5.00. The summed E-state index contributed by atoms with van der Waals surface area (Å²) in [5, 5.41) is 11.9. The maximum atomic E-state index is 5.40. The van der Waals surface area contributed by atoms with E-state index in [1.807, 2.05) is 18.5 Å². The summed E-state index contributed by atoms with van der Waals surface area (Å²) in [5.74, 6) is 2.84. The smallest absolute Gasteiger partial charge is 0.194 e. The molecule has 3 heterocycles. The predicted molar refractivity (Wildman–Crippen MR) is 113 cm³/mol. The van der Waals surface area contributed by atoms with Crippen molar-refractivity contribution in [3.05, 3.63) is 11.6 Å². The first-order chi connectivity index (χ1) is 12.2. The average molecular weight is 477 g/mol. The molecule has 0 saturated carbocycles. The van der Waals surface area contributed by atoms with Gasteiger partial charge in [0, 0.05) is 39.8 Å². The summed E-state index contributed by atoms with van der Waals surface area (Å²) in [7, 11) is 1.99. The number of rotatable bonds is 6. The maximum absolute atomic E-state index is 5.40. The van der Waals surface area contributed by atoms with E-state index in [1.54, 1.807) is 0 Å². The van der Waals surface area contributed by atoms with E-state index in [2.05, 4.69) is 25.3 Å². The molecule has 2 aliphatic rings. The Morgan fingerprint density at radius 3 is 2.54 bits per heavy atom. The fourth-order valence-electron chi connectivity index (χ4n) is 3.26. The first-order valence-corrected chi connectivity index (χ1v) is 9.42. The normalized spacial score (nSPS) is 18.8. The maximum Gasteiger partial charge on any atom is 0.194 e. The SMILES string of the molecule is Cc1nnc(CN=C(NCCCN2CCOCC2)N2CCCC2)n1C.I. The number of guanidine groups is 1. The second kappa shape index (κ2) is 11.0. The Morgan fingerprint density at radius 1 is 1.15 bits per heavy atom. The van der Waals surface area contributed by atoms with Crippen LogP contribution in [0.15, 0.2) is 4.99 Å². The van der Waals surface area contributed by atoms with Crippen molar-refractivity contribution in [1.29, 1.82) is 0 Å². The number of aromatic nitrogens is 3. The van der Waals surface area contributed by atoms with Crippen molar-refractivity contribution in [2.75, 3.05) is 52.5 Å². The van der Waals surface area contributed by atoms with Gasteiger partial charge >= 0.3 is 0 Å². The van der Waals surface area contributed by atoms with Gasteiger partial charge in [0.05, 0.1) is 13.2 Å². The van der Waals surface area contributed by atoms with Crippen LogP contribution in [0.5, 0.6) is 0 Å². The van der Waals surface area contributed by atoms with Gasteiger partial charge in [0.15, 0.2) is 11.8 Å².